The molecular formula is C73H67N3O. The van der Waals surface area contributed by atoms with Crippen molar-refractivity contribution in [3.05, 3.63) is 241 Å². The molecular weight excluding hydrogens is 935 g/mol. The minimum Gasteiger partial charge on any atom is -0.507 e. The van der Waals surface area contributed by atoms with E-state index in [-0.39, 0.29) is 28.4 Å². The van der Waals surface area contributed by atoms with E-state index >= 15 is 0 Å². The average Bonchev–Trinajstić information content (AvgIpc) is 0.708. The summed E-state index contributed by atoms with van der Waals surface area (Å²) in [5, 5.41) is 13.3. The van der Waals surface area contributed by atoms with Crippen molar-refractivity contribution in [2.45, 2.75) is 85.0 Å². The molecule has 9 aromatic carbocycles. The Morgan fingerprint density at radius 3 is 1.68 bits per heavy atom. The van der Waals surface area contributed by atoms with Crippen LogP contribution in [0.3, 0.4) is 0 Å². The van der Waals surface area contributed by atoms with Gasteiger partial charge in [0, 0.05) is 51.7 Å². The number of fused-ring (bicyclic) bond motifs is 1. The van der Waals surface area contributed by atoms with Gasteiger partial charge in [-0.2, -0.15) is 0 Å². The molecule has 0 atom stereocenters. The van der Waals surface area contributed by atoms with E-state index in [0.29, 0.717) is 45.1 Å². The average molecular weight is 1020 g/mol. The zero-order valence-corrected chi connectivity index (χ0v) is 42.6. The number of hydrogen-bond donors (Lipinski definition) is 1. The van der Waals surface area contributed by atoms with Crippen molar-refractivity contribution < 1.29 is 33.9 Å². The van der Waals surface area contributed by atoms with Crippen LogP contribution in [-0.4, -0.2) is 19.6 Å². The quantitative estimate of drug-likeness (QED) is 0.157. The van der Waals surface area contributed by atoms with Gasteiger partial charge in [-0.3, -0.25) is 9.55 Å². The zero-order valence-electron chi connectivity index (χ0n) is 63.6. The van der Waals surface area contributed by atoms with Gasteiger partial charge in [-0.25, -0.2) is 4.98 Å². The van der Waals surface area contributed by atoms with Crippen molar-refractivity contribution in [2.75, 3.05) is 0 Å². The van der Waals surface area contributed by atoms with E-state index in [9.17, 15) is 9.22 Å². The Balaban J connectivity index is 1.29. The number of phenolic OH excluding ortho intramolecular Hbond substituents is 1. The summed E-state index contributed by atoms with van der Waals surface area (Å²) in [4.78, 5) is 10.0. The van der Waals surface area contributed by atoms with Gasteiger partial charge in [0.25, 0.3) is 0 Å². The largest absolute Gasteiger partial charge is 0.507 e. The molecule has 0 amide bonds. The fourth-order valence-electron chi connectivity index (χ4n) is 10.3. The second-order valence-corrected chi connectivity index (χ2v) is 20.5. The highest BCUT2D eigenvalue weighted by atomic mass is 16.3. The van der Waals surface area contributed by atoms with Crippen molar-refractivity contribution in [2.24, 2.45) is 0 Å². The first kappa shape index (κ1) is 31.4. The van der Waals surface area contributed by atoms with E-state index < -0.39 is 92.5 Å². The lowest BCUT2D eigenvalue weighted by Gasteiger charge is -2.28. The van der Waals surface area contributed by atoms with E-state index in [1.807, 2.05) is 185 Å². The molecule has 0 saturated heterocycles. The number of rotatable bonds is 9. The summed E-state index contributed by atoms with van der Waals surface area (Å²) in [6.07, 6.45) is 1.69. The lowest BCUT2D eigenvalue weighted by Crippen LogP contribution is -2.17. The molecule has 0 aliphatic carbocycles. The van der Waals surface area contributed by atoms with Crippen LogP contribution in [0.15, 0.2) is 219 Å². The molecule has 0 unspecified atom stereocenters. The second kappa shape index (κ2) is 19.8. The number of hydrogen-bond acceptors (Lipinski definition) is 3. The smallest absolute Gasteiger partial charge is 0.149 e. The number of nitrogens with zero attached hydrogens (tertiary/aromatic N) is 3. The molecule has 0 fully saturated rings. The van der Waals surface area contributed by atoms with Crippen LogP contribution in [0.1, 0.15) is 113 Å². The van der Waals surface area contributed by atoms with Gasteiger partial charge in [-0.05, 0) is 156 Å². The first-order valence-corrected chi connectivity index (χ1v) is 25.2. The van der Waals surface area contributed by atoms with Crippen molar-refractivity contribution in [3.8, 4) is 101 Å². The SMILES string of the molecule is [2H]C([2H])([2H])c1cc(-c2c(-c3ccccc3)cccc2C(C)(C)C)ccc1-n1c(-c2cc(C(C([2H])([2H])[2H])(C([2H])([2H])[2H])C([2H])([2H])[2H])cc(C(C([2H])([2H])[2H])(C([2H])([2H])[2H])C([2H])([2H])[2H])c2O)nc2c(-c3cc(-c4ccccc4)cc(-c4cc(-c5ccc(-c6ccccc6)cc5)ccn4)c3)cccc21. The van der Waals surface area contributed by atoms with Gasteiger partial charge in [0.2, 0.25) is 0 Å². The fourth-order valence-corrected chi connectivity index (χ4v) is 10.3. The van der Waals surface area contributed by atoms with E-state index in [1.54, 1.807) is 24.4 Å². The molecule has 0 radical (unpaired) electrons. The molecule has 0 spiro atoms. The van der Waals surface area contributed by atoms with Crippen LogP contribution in [0, 0.1) is 6.85 Å². The third kappa shape index (κ3) is 9.93. The minimum atomic E-state index is -4.26. The number of benzene rings is 9. The molecule has 2 aromatic heterocycles. The van der Waals surface area contributed by atoms with Crippen LogP contribution >= 0.6 is 0 Å². The highest BCUT2D eigenvalue weighted by molar-refractivity contribution is 5.98. The number of pyridine rings is 1. The van der Waals surface area contributed by atoms with Crippen LogP contribution in [0.5, 0.6) is 5.75 Å². The maximum Gasteiger partial charge on any atom is 0.149 e. The predicted molar refractivity (Wildman–Crippen MR) is 325 cm³/mol. The fraction of sp³-hybridized carbons (Fsp3) is 0.178. The monoisotopic (exact) mass is 1020 g/mol. The highest BCUT2D eigenvalue weighted by Gasteiger charge is 2.30. The molecule has 2 heterocycles. The molecule has 1 N–H and O–H groups in total. The molecule has 0 bridgehead atoms. The topological polar surface area (TPSA) is 50.9 Å². The van der Waals surface area contributed by atoms with Gasteiger partial charge in [-0.15, -0.1) is 0 Å². The number of phenols is 1. The molecule has 4 heteroatoms. The van der Waals surface area contributed by atoms with E-state index in [0.717, 1.165) is 44.5 Å². The third-order valence-corrected chi connectivity index (χ3v) is 14.1. The second-order valence-electron chi connectivity index (χ2n) is 20.5. The minimum absolute atomic E-state index is 0.0160. The summed E-state index contributed by atoms with van der Waals surface area (Å²) in [7, 11) is 0. The van der Waals surface area contributed by atoms with E-state index in [2.05, 4.69) is 0 Å². The van der Waals surface area contributed by atoms with Crippen LogP contribution in [0.25, 0.3) is 106 Å². The lowest BCUT2D eigenvalue weighted by molar-refractivity contribution is 0.446. The summed E-state index contributed by atoms with van der Waals surface area (Å²) in [5.74, 6) is -2.16. The Morgan fingerprint density at radius 2 is 1.01 bits per heavy atom. The van der Waals surface area contributed by atoms with Crippen molar-refractivity contribution in [1.29, 1.82) is 0 Å². The summed E-state index contributed by atoms with van der Waals surface area (Å²) in [5.41, 5.74) is -2.83. The maximum absolute atomic E-state index is 13.3. The summed E-state index contributed by atoms with van der Waals surface area (Å²) in [6.45, 7) is -22.2. The molecule has 77 heavy (non-hydrogen) atoms. The standard InChI is InChI=1S/C73H67N3O/c1-47-40-54(67-59(52-26-18-13-19-27-52)28-20-30-62(67)72(5,6)7)36-37-65(47)76-66-31-21-29-60(68(66)75-70(76)61-45-58(71(2,3)4)46-63(69(61)77)73(8,9)10)56-41-55(49-24-16-12-17-25-49)42-57(43-56)64-44-53(38-39-74-64)51-34-32-50(33-35-51)48-22-14-11-15-23-48/h11-46,77H,1-10H3/i1D3,2D3,3D3,4D3,8D3,9D3,10D3. The number of aromatic hydroxyl groups is 1. The van der Waals surface area contributed by atoms with Crippen molar-refractivity contribution >= 4 is 11.0 Å². The van der Waals surface area contributed by atoms with Gasteiger partial charge < -0.3 is 5.11 Å². The predicted octanol–water partition coefficient (Wildman–Crippen LogP) is 19.7. The van der Waals surface area contributed by atoms with Gasteiger partial charge in [0.15, 0.2) is 0 Å². The summed E-state index contributed by atoms with van der Waals surface area (Å²) in [6, 6.07) is 62.3. The number of aryl methyl sites for hydroxylation is 1. The number of imidazole rings is 1. The van der Waals surface area contributed by atoms with E-state index in [4.69, 9.17) is 34.6 Å². The van der Waals surface area contributed by atoms with Crippen LogP contribution in [0.2, 0.25) is 0 Å². The Hall–Kier alpha value is -8.60. The Morgan fingerprint density at radius 1 is 0.429 bits per heavy atom. The van der Waals surface area contributed by atoms with Crippen molar-refractivity contribution in [1.82, 2.24) is 14.5 Å². The Kier molecular flexibility index (Phi) is 8.10. The van der Waals surface area contributed by atoms with Gasteiger partial charge >= 0.3 is 0 Å². The van der Waals surface area contributed by atoms with Crippen molar-refractivity contribution in [3.63, 3.8) is 0 Å². The highest BCUT2D eigenvalue weighted by Crippen LogP contribution is 2.47. The molecule has 0 aliphatic heterocycles. The van der Waals surface area contributed by atoms with Crippen LogP contribution in [-0.2, 0) is 16.2 Å². The maximum atomic E-state index is 13.3. The molecule has 11 rings (SSSR count). The first-order valence-electron chi connectivity index (χ1n) is 35.7. The zero-order chi connectivity index (χ0) is 71.3. The van der Waals surface area contributed by atoms with Gasteiger partial charge in [0.05, 0.1) is 28.0 Å². The van der Waals surface area contributed by atoms with Gasteiger partial charge in [-0.1, -0.05) is 220 Å². The summed E-state index contributed by atoms with van der Waals surface area (Å²) >= 11 is 0. The molecule has 0 aliphatic rings. The normalized spacial score (nSPS) is 17.3. The Labute approximate surface area is 485 Å². The van der Waals surface area contributed by atoms with Crippen LogP contribution in [0.4, 0.5) is 0 Å². The van der Waals surface area contributed by atoms with Crippen LogP contribution < -0.4 is 0 Å². The third-order valence-electron chi connectivity index (χ3n) is 14.1. The van der Waals surface area contributed by atoms with E-state index in [1.165, 1.54) is 22.8 Å². The number of aromatic nitrogens is 3. The first-order chi connectivity index (χ1) is 45.6. The molecule has 11 aromatic rings. The van der Waals surface area contributed by atoms with Gasteiger partial charge in [0.1, 0.15) is 11.6 Å². The molecule has 0 saturated carbocycles. The molecule has 4 nitrogen and oxygen atoms in total. The molecule has 380 valence electrons. The summed E-state index contributed by atoms with van der Waals surface area (Å²) < 4.78 is 189. The Bertz CT molecular complexity index is 4710. The number of para-hydroxylation sites is 1. The lowest BCUT2D eigenvalue weighted by atomic mass is 9.78.